The fourth-order valence-corrected chi connectivity index (χ4v) is 3.06. The van der Waals surface area contributed by atoms with Gasteiger partial charge in [0, 0.05) is 23.7 Å². The first-order chi connectivity index (χ1) is 13.4. The summed E-state index contributed by atoms with van der Waals surface area (Å²) in [6, 6.07) is 15.4. The Hall–Kier alpha value is -2.34. The minimum atomic E-state index is 0.622. The van der Waals surface area contributed by atoms with Crippen molar-refractivity contribution in [2.45, 2.75) is 6.54 Å². The van der Waals surface area contributed by atoms with Crippen LogP contribution in [0.25, 0.3) is 22.7 Å². The molecule has 2 aromatic heterocycles. The molecule has 0 aliphatic rings. The smallest absolute Gasteiger partial charge is 0.152 e. The van der Waals surface area contributed by atoms with E-state index < -0.39 is 0 Å². The van der Waals surface area contributed by atoms with Gasteiger partial charge in [-0.1, -0.05) is 11.6 Å². The third-order valence-corrected chi connectivity index (χ3v) is 4.66. The predicted octanol–water partition coefficient (Wildman–Crippen LogP) is 4.66. The molecule has 0 aliphatic heterocycles. The van der Waals surface area contributed by atoms with Gasteiger partial charge in [-0.25, -0.2) is 4.98 Å². The van der Waals surface area contributed by atoms with Gasteiger partial charge in [0.25, 0.3) is 0 Å². The van der Waals surface area contributed by atoms with E-state index in [0.29, 0.717) is 10.8 Å². The third kappa shape index (κ3) is 5.35. The monoisotopic (exact) mass is 399 g/mol. The summed E-state index contributed by atoms with van der Waals surface area (Å²) in [5, 5.41) is 0.622. The number of halogens is 1. The summed E-state index contributed by atoms with van der Waals surface area (Å²) in [5.74, 6) is 2.43. The Morgan fingerprint density at radius 2 is 1.68 bits per heavy atom. The third-order valence-electron chi connectivity index (χ3n) is 4.44. The first-order valence-electron chi connectivity index (χ1n) is 9.19. The maximum Gasteiger partial charge on any atom is 0.152 e. The molecule has 0 radical (unpaired) electrons. The standard InChI is InChI=1S/C22H26ClN3O2/c1-25(2)11-12-26(3)15-19-9-10-22(28-19)21-14-17(23)13-20(24-21)16-5-7-18(27-4)8-6-16/h5-10,13-14H,11-12,15H2,1-4H3. The van der Waals surface area contributed by atoms with E-state index in [0.717, 1.165) is 48.1 Å². The maximum atomic E-state index is 6.35. The molecule has 3 rings (SSSR count). The number of hydrogen-bond donors (Lipinski definition) is 0. The molecule has 0 fully saturated rings. The van der Waals surface area contributed by atoms with Gasteiger partial charge in [-0.2, -0.15) is 0 Å². The lowest BCUT2D eigenvalue weighted by atomic mass is 10.1. The Morgan fingerprint density at radius 1 is 0.964 bits per heavy atom. The van der Waals surface area contributed by atoms with Gasteiger partial charge >= 0.3 is 0 Å². The van der Waals surface area contributed by atoms with Gasteiger partial charge in [0.15, 0.2) is 5.76 Å². The van der Waals surface area contributed by atoms with Gasteiger partial charge in [-0.05, 0) is 69.7 Å². The molecule has 0 aliphatic carbocycles. The van der Waals surface area contributed by atoms with Gasteiger partial charge < -0.3 is 14.1 Å². The van der Waals surface area contributed by atoms with Crippen LogP contribution in [0.1, 0.15) is 5.76 Å². The van der Waals surface area contributed by atoms with Crippen LogP contribution in [0, 0.1) is 0 Å². The van der Waals surface area contributed by atoms with Crippen molar-refractivity contribution >= 4 is 11.6 Å². The molecule has 0 atom stereocenters. The van der Waals surface area contributed by atoms with Gasteiger partial charge in [0.2, 0.25) is 0 Å². The summed E-state index contributed by atoms with van der Waals surface area (Å²) in [7, 11) is 7.89. The summed E-state index contributed by atoms with van der Waals surface area (Å²) >= 11 is 6.35. The quantitative estimate of drug-likeness (QED) is 0.550. The Kier molecular flexibility index (Phi) is 6.73. The van der Waals surface area contributed by atoms with Crippen molar-refractivity contribution < 1.29 is 9.15 Å². The Labute approximate surface area is 171 Å². The van der Waals surface area contributed by atoms with Crippen LogP contribution in [0.4, 0.5) is 0 Å². The largest absolute Gasteiger partial charge is 0.497 e. The Bertz CT molecular complexity index is 906. The molecule has 5 nitrogen and oxygen atoms in total. The number of rotatable bonds is 8. The number of aromatic nitrogens is 1. The van der Waals surface area contributed by atoms with Gasteiger partial charge in [-0.15, -0.1) is 0 Å². The fraction of sp³-hybridized carbons (Fsp3) is 0.318. The van der Waals surface area contributed by atoms with Crippen LogP contribution in [0.2, 0.25) is 5.02 Å². The van der Waals surface area contributed by atoms with Gasteiger partial charge in [0.05, 0.1) is 19.3 Å². The fourth-order valence-electron chi connectivity index (χ4n) is 2.85. The van der Waals surface area contributed by atoms with Crippen LogP contribution in [0.15, 0.2) is 52.9 Å². The zero-order valence-corrected chi connectivity index (χ0v) is 17.5. The average molecular weight is 400 g/mol. The number of nitrogens with zero attached hydrogens (tertiary/aromatic N) is 3. The second-order valence-electron chi connectivity index (χ2n) is 7.09. The Morgan fingerprint density at radius 3 is 2.36 bits per heavy atom. The van der Waals surface area contributed by atoms with Crippen molar-refractivity contribution in [3.8, 4) is 28.5 Å². The number of benzene rings is 1. The van der Waals surface area contributed by atoms with Crippen LogP contribution >= 0.6 is 11.6 Å². The number of likely N-dealkylation sites (N-methyl/N-ethyl adjacent to an activating group) is 2. The second-order valence-corrected chi connectivity index (χ2v) is 7.53. The lowest BCUT2D eigenvalue weighted by molar-refractivity contribution is 0.259. The van der Waals surface area contributed by atoms with Crippen LogP contribution < -0.4 is 4.74 Å². The van der Waals surface area contributed by atoms with Crippen molar-refractivity contribution in [2.24, 2.45) is 0 Å². The van der Waals surface area contributed by atoms with E-state index >= 15 is 0 Å². The highest BCUT2D eigenvalue weighted by Gasteiger charge is 2.12. The van der Waals surface area contributed by atoms with Crippen molar-refractivity contribution in [2.75, 3.05) is 41.3 Å². The lowest BCUT2D eigenvalue weighted by Gasteiger charge is -2.17. The van der Waals surface area contributed by atoms with Crippen LogP contribution in [-0.2, 0) is 6.54 Å². The van der Waals surface area contributed by atoms with E-state index in [9.17, 15) is 0 Å². The van der Waals surface area contributed by atoms with E-state index in [-0.39, 0.29) is 0 Å². The molecular weight excluding hydrogens is 374 g/mol. The second kappa shape index (κ2) is 9.24. The van der Waals surface area contributed by atoms with Crippen molar-refractivity contribution in [3.63, 3.8) is 0 Å². The number of ether oxygens (including phenoxy) is 1. The summed E-state index contributed by atoms with van der Waals surface area (Å²) in [6.45, 7) is 2.73. The molecule has 1 aromatic carbocycles. The average Bonchev–Trinajstić information content (AvgIpc) is 3.14. The van der Waals surface area contributed by atoms with Crippen molar-refractivity contribution in [1.82, 2.24) is 14.8 Å². The molecule has 28 heavy (non-hydrogen) atoms. The van der Waals surface area contributed by atoms with Gasteiger partial charge in [0.1, 0.15) is 17.2 Å². The van der Waals surface area contributed by atoms with E-state index in [1.165, 1.54) is 0 Å². The maximum absolute atomic E-state index is 6.35. The molecule has 148 valence electrons. The molecule has 0 amide bonds. The molecule has 0 spiro atoms. The summed E-state index contributed by atoms with van der Waals surface area (Å²) < 4.78 is 11.3. The highest BCUT2D eigenvalue weighted by molar-refractivity contribution is 6.31. The molecule has 3 aromatic rings. The number of furan rings is 1. The highest BCUT2D eigenvalue weighted by atomic mass is 35.5. The Balaban J connectivity index is 1.78. The molecular formula is C22H26ClN3O2. The van der Waals surface area contributed by atoms with Crippen molar-refractivity contribution in [1.29, 1.82) is 0 Å². The first kappa shape index (κ1) is 20.4. The zero-order valence-electron chi connectivity index (χ0n) is 16.8. The first-order valence-corrected chi connectivity index (χ1v) is 9.57. The molecule has 2 heterocycles. The lowest BCUT2D eigenvalue weighted by Crippen LogP contribution is -2.28. The zero-order chi connectivity index (χ0) is 20.1. The van der Waals surface area contributed by atoms with E-state index in [2.05, 4.69) is 30.9 Å². The number of pyridine rings is 1. The highest BCUT2D eigenvalue weighted by Crippen LogP contribution is 2.29. The summed E-state index contributed by atoms with van der Waals surface area (Å²) in [6.07, 6.45) is 0. The predicted molar refractivity (Wildman–Crippen MR) is 114 cm³/mol. The number of hydrogen-bond acceptors (Lipinski definition) is 5. The minimum absolute atomic E-state index is 0.622. The van der Waals surface area contributed by atoms with Crippen LogP contribution in [0.3, 0.4) is 0 Å². The summed E-state index contributed by atoms with van der Waals surface area (Å²) in [4.78, 5) is 9.14. The molecule has 0 bridgehead atoms. The molecule has 0 saturated carbocycles. The molecule has 0 saturated heterocycles. The SMILES string of the molecule is COc1ccc(-c2cc(Cl)cc(-c3ccc(CN(C)CCN(C)C)o3)n2)cc1. The molecule has 6 heteroatoms. The topological polar surface area (TPSA) is 41.7 Å². The van der Waals surface area contributed by atoms with Crippen LogP contribution in [-0.4, -0.2) is 56.1 Å². The van der Waals surface area contributed by atoms with E-state index in [1.807, 2.05) is 48.5 Å². The van der Waals surface area contributed by atoms with E-state index in [4.69, 9.17) is 25.7 Å². The molecule has 0 N–H and O–H groups in total. The number of methoxy groups -OCH3 is 1. The van der Waals surface area contributed by atoms with Gasteiger partial charge in [-0.3, -0.25) is 4.90 Å². The van der Waals surface area contributed by atoms with Crippen molar-refractivity contribution in [3.05, 3.63) is 59.3 Å². The summed E-state index contributed by atoms with van der Waals surface area (Å²) in [5.41, 5.74) is 2.49. The normalized spacial score (nSPS) is 11.4. The van der Waals surface area contributed by atoms with E-state index in [1.54, 1.807) is 7.11 Å². The molecule has 0 unspecified atom stereocenters. The van der Waals surface area contributed by atoms with Crippen LogP contribution in [0.5, 0.6) is 5.75 Å². The minimum Gasteiger partial charge on any atom is -0.497 e.